The van der Waals surface area contributed by atoms with Crippen LogP contribution in [0.2, 0.25) is 0 Å². The van der Waals surface area contributed by atoms with Crippen molar-refractivity contribution in [3.05, 3.63) is 88.5 Å². The van der Waals surface area contributed by atoms with Crippen LogP contribution < -0.4 is 14.3 Å². The van der Waals surface area contributed by atoms with Gasteiger partial charge in [0.1, 0.15) is 23.8 Å². The number of rotatable bonds is 11. The predicted molar refractivity (Wildman–Crippen MR) is 137 cm³/mol. The average molecular weight is 498 g/mol. The maximum Gasteiger partial charge on any atom is 0.354 e. The van der Waals surface area contributed by atoms with E-state index in [-0.39, 0.29) is 12.3 Å². The fourth-order valence-electron chi connectivity index (χ4n) is 3.80. The highest BCUT2D eigenvalue weighted by Gasteiger charge is 2.27. The van der Waals surface area contributed by atoms with Crippen LogP contribution >= 0.6 is 7.52 Å². The molecular formula is C27H32NO6P. The quantitative estimate of drug-likeness (QED) is 0.279. The molecule has 7 nitrogen and oxygen atoms in total. The molecule has 0 bridgehead atoms. The number of carboxylic acid groups (broad SMARTS) is 1. The fourth-order valence-corrected chi connectivity index (χ4v) is 5.17. The average Bonchev–Trinajstić information content (AvgIpc) is 2.80. The SMILES string of the molecule is Cc1cc(OCP(=O)(NCC(=O)O)Oc2ccccc2)cc(C)c1Cc1ccc(O)c(C(C)C)c1. The van der Waals surface area contributed by atoms with Crippen LogP contribution in [-0.2, 0) is 15.8 Å². The Balaban J connectivity index is 1.77. The van der Waals surface area contributed by atoms with Crippen LogP contribution in [0, 0.1) is 13.8 Å². The Morgan fingerprint density at radius 3 is 2.26 bits per heavy atom. The lowest BCUT2D eigenvalue weighted by atomic mass is 9.93. The van der Waals surface area contributed by atoms with Crippen molar-refractivity contribution >= 4 is 13.5 Å². The van der Waals surface area contributed by atoms with Crippen LogP contribution in [0.25, 0.3) is 0 Å². The van der Waals surface area contributed by atoms with Crippen molar-refractivity contribution in [1.82, 2.24) is 5.09 Å². The highest BCUT2D eigenvalue weighted by atomic mass is 31.2. The number of aliphatic carboxylic acids is 1. The van der Waals surface area contributed by atoms with Gasteiger partial charge in [0.05, 0.1) is 0 Å². The Bertz CT molecular complexity index is 1200. The second-order valence-corrected chi connectivity index (χ2v) is 10.9. The number of benzene rings is 3. The van der Waals surface area contributed by atoms with Gasteiger partial charge in [-0.3, -0.25) is 9.36 Å². The van der Waals surface area contributed by atoms with Crippen LogP contribution in [0.15, 0.2) is 60.7 Å². The number of nitrogens with one attached hydrogen (secondary N) is 1. The maximum absolute atomic E-state index is 13.3. The van der Waals surface area contributed by atoms with E-state index in [1.54, 1.807) is 36.4 Å². The van der Waals surface area contributed by atoms with Gasteiger partial charge in [-0.1, -0.05) is 44.2 Å². The van der Waals surface area contributed by atoms with Crippen LogP contribution in [0.3, 0.4) is 0 Å². The first-order valence-corrected chi connectivity index (χ1v) is 13.2. The molecule has 1 atom stereocenters. The number of ether oxygens (including phenoxy) is 1. The van der Waals surface area contributed by atoms with Crippen molar-refractivity contribution in [3.8, 4) is 17.2 Å². The first-order valence-electron chi connectivity index (χ1n) is 11.4. The number of para-hydroxylation sites is 1. The summed E-state index contributed by atoms with van der Waals surface area (Å²) in [6.45, 7) is 7.55. The molecule has 3 N–H and O–H groups in total. The van der Waals surface area contributed by atoms with Gasteiger partial charge in [0.15, 0.2) is 6.35 Å². The molecule has 0 aliphatic rings. The van der Waals surface area contributed by atoms with Crippen molar-refractivity contribution in [1.29, 1.82) is 0 Å². The molecule has 0 amide bonds. The van der Waals surface area contributed by atoms with Gasteiger partial charge in [-0.15, -0.1) is 0 Å². The lowest BCUT2D eigenvalue weighted by molar-refractivity contribution is -0.135. The Hall–Kier alpha value is -3.28. The lowest BCUT2D eigenvalue weighted by Crippen LogP contribution is -2.25. The highest BCUT2D eigenvalue weighted by Crippen LogP contribution is 2.43. The van der Waals surface area contributed by atoms with E-state index in [1.165, 1.54) is 0 Å². The molecule has 1 unspecified atom stereocenters. The topological polar surface area (TPSA) is 105 Å². The smallest absolute Gasteiger partial charge is 0.354 e. The zero-order valence-corrected chi connectivity index (χ0v) is 21.3. The summed E-state index contributed by atoms with van der Waals surface area (Å²) < 4.78 is 24.8. The molecule has 0 aromatic heterocycles. The molecule has 186 valence electrons. The van der Waals surface area contributed by atoms with E-state index in [4.69, 9.17) is 14.4 Å². The highest BCUT2D eigenvalue weighted by molar-refractivity contribution is 7.57. The zero-order chi connectivity index (χ0) is 25.6. The lowest BCUT2D eigenvalue weighted by Gasteiger charge is -2.21. The normalized spacial score (nSPS) is 12.8. The summed E-state index contributed by atoms with van der Waals surface area (Å²) in [6.07, 6.45) is 0.372. The summed E-state index contributed by atoms with van der Waals surface area (Å²) >= 11 is 0. The summed E-state index contributed by atoms with van der Waals surface area (Å²) in [4.78, 5) is 11.0. The number of hydrogen-bond donors (Lipinski definition) is 3. The van der Waals surface area contributed by atoms with Crippen molar-refractivity contribution in [2.45, 2.75) is 40.0 Å². The van der Waals surface area contributed by atoms with E-state index < -0.39 is 20.0 Å². The van der Waals surface area contributed by atoms with E-state index in [0.29, 0.717) is 23.7 Å². The molecular weight excluding hydrogens is 465 g/mol. The first-order chi connectivity index (χ1) is 16.6. The van der Waals surface area contributed by atoms with E-state index in [1.807, 2.05) is 52.0 Å². The maximum atomic E-state index is 13.3. The third-order valence-electron chi connectivity index (χ3n) is 5.63. The number of carboxylic acids is 1. The molecule has 0 saturated carbocycles. The Morgan fingerprint density at radius 1 is 1.00 bits per heavy atom. The predicted octanol–water partition coefficient (Wildman–Crippen LogP) is 6.01. The molecule has 3 aromatic rings. The number of aryl methyl sites for hydroxylation is 2. The van der Waals surface area contributed by atoms with Gasteiger partial charge in [-0.25, -0.2) is 5.09 Å². The minimum absolute atomic E-state index is 0.219. The Labute approximate surface area is 206 Å². The molecule has 0 fully saturated rings. The molecule has 3 rings (SSSR count). The third-order valence-corrected chi connectivity index (χ3v) is 7.25. The molecule has 0 aliphatic heterocycles. The molecule has 0 heterocycles. The van der Waals surface area contributed by atoms with Crippen molar-refractivity contribution in [2.75, 3.05) is 12.9 Å². The van der Waals surface area contributed by atoms with Crippen molar-refractivity contribution in [3.63, 3.8) is 0 Å². The van der Waals surface area contributed by atoms with Gasteiger partial charge in [0.25, 0.3) is 0 Å². The summed E-state index contributed by atoms with van der Waals surface area (Å²) in [5, 5.41) is 21.6. The number of carbonyl (C=O) groups is 1. The molecule has 0 spiro atoms. The van der Waals surface area contributed by atoms with E-state index in [2.05, 4.69) is 5.09 Å². The Morgan fingerprint density at radius 2 is 1.66 bits per heavy atom. The van der Waals surface area contributed by atoms with E-state index in [0.717, 1.165) is 27.8 Å². The minimum atomic E-state index is -3.65. The standard InChI is InChI=1S/C27H32NO6P/c1-18(2)24-14-21(10-11-26(24)29)15-25-19(3)12-23(13-20(25)4)33-17-35(32,28-16-27(30)31)34-22-8-6-5-7-9-22/h5-14,18,29H,15-17H2,1-4H3,(H,28,32)(H,30,31). The number of aromatic hydroxyl groups is 1. The van der Waals surface area contributed by atoms with Gasteiger partial charge < -0.3 is 19.5 Å². The Kier molecular flexibility index (Phi) is 8.60. The van der Waals surface area contributed by atoms with E-state index >= 15 is 0 Å². The summed E-state index contributed by atoms with van der Waals surface area (Å²) in [5.74, 6) is 0.255. The second-order valence-electron chi connectivity index (χ2n) is 8.84. The van der Waals surface area contributed by atoms with Crippen molar-refractivity contribution in [2.24, 2.45) is 0 Å². The minimum Gasteiger partial charge on any atom is -0.508 e. The van der Waals surface area contributed by atoms with Gasteiger partial charge in [-0.05, 0) is 84.3 Å². The number of phenols is 1. The van der Waals surface area contributed by atoms with Gasteiger partial charge >= 0.3 is 13.5 Å². The first kappa shape index (κ1) is 26.3. The van der Waals surface area contributed by atoms with Gasteiger partial charge in [0.2, 0.25) is 0 Å². The molecule has 0 saturated heterocycles. The largest absolute Gasteiger partial charge is 0.508 e. The molecule has 35 heavy (non-hydrogen) atoms. The number of hydrogen-bond acceptors (Lipinski definition) is 5. The molecule has 0 aliphatic carbocycles. The third kappa shape index (κ3) is 7.35. The summed E-state index contributed by atoms with van der Waals surface area (Å²) in [7, 11) is -3.65. The van der Waals surface area contributed by atoms with Crippen molar-refractivity contribution < 1.29 is 28.8 Å². The second kappa shape index (κ2) is 11.4. The van der Waals surface area contributed by atoms with Gasteiger partial charge in [-0.2, -0.15) is 0 Å². The molecule has 8 heteroatoms. The monoisotopic (exact) mass is 497 g/mol. The van der Waals surface area contributed by atoms with Crippen LogP contribution in [0.4, 0.5) is 0 Å². The van der Waals surface area contributed by atoms with Crippen LogP contribution in [0.5, 0.6) is 17.2 Å². The summed E-state index contributed by atoms with van der Waals surface area (Å²) in [6, 6.07) is 18.0. The van der Waals surface area contributed by atoms with Crippen LogP contribution in [0.1, 0.15) is 47.6 Å². The zero-order valence-electron chi connectivity index (χ0n) is 20.4. The molecule has 0 radical (unpaired) electrons. The van der Waals surface area contributed by atoms with Gasteiger partial charge in [0, 0.05) is 0 Å². The molecule has 3 aromatic carbocycles. The van der Waals surface area contributed by atoms with Crippen LogP contribution in [-0.4, -0.2) is 29.1 Å². The number of phenolic OH excluding ortho intramolecular Hbond substituents is 1. The summed E-state index contributed by atoms with van der Waals surface area (Å²) in [5.41, 5.74) is 5.18. The van der Waals surface area contributed by atoms with E-state index in [9.17, 15) is 14.5 Å². The fraction of sp³-hybridized carbons (Fsp3) is 0.296.